The van der Waals surface area contributed by atoms with Crippen LogP contribution in [0, 0.1) is 5.92 Å². The van der Waals surface area contributed by atoms with Crippen LogP contribution in [-0.4, -0.2) is 49.9 Å². The molecule has 4 aromatic rings. The molecule has 0 atom stereocenters. The van der Waals surface area contributed by atoms with E-state index in [1.807, 2.05) is 6.07 Å². The molecule has 3 aromatic heterocycles. The van der Waals surface area contributed by atoms with Crippen molar-refractivity contribution < 1.29 is 27.2 Å². The molecule has 1 aromatic carbocycles. The Morgan fingerprint density at radius 2 is 1.68 bits per heavy atom. The average molecular weight is 554 g/mol. The van der Waals surface area contributed by atoms with Crippen molar-refractivity contribution >= 4 is 11.8 Å². The van der Waals surface area contributed by atoms with Crippen LogP contribution in [0.15, 0.2) is 65.3 Å². The smallest absolute Gasteiger partial charge is 0.419 e. The topological polar surface area (TPSA) is 128 Å². The Hall–Kier alpha value is -4.55. The van der Waals surface area contributed by atoms with Crippen molar-refractivity contribution in [3.05, 3.63) is 78.1 Å². The van der Waals surface area contributed by atoms with Gasteiger partial charge in [-0.25, -0.2) is 4.68 Å². The number of hydrogen-bond acceptors (Lipinski definition) is 7. The maximum Gasteiger partial charge on any atom is 0.435 e. The van der Waals surface area contributed by atoms with Crippen molar-refractivity contribution in [1.82, 2.24) is 35.6 Å². The summed E-state index contributed by atoms with van der Waals surface area (Å²) in [7, 11) is 0. The number of nitrogens with zero attached hydrogens (tertiary/aromatic N) is 5. The summed E-state index contributed by atoms with van der Waals surface area (Å²) in [6.07, 6.45) is 0.534. The van der Waals surface area contributed by atoms with Crippen molar-refractivity contribution in [1.29, 1.82) is 0 Å². The van der Waals surface area contributed by atoms with Gasteiger partial charge in [-0.15, -0.1) is 10.2 Å². The number of amides is 2. The molecule has 5 rings (SSSR count). The van der Waals surface area contributed by atoms with Crippen LogP contribution in [0.4, 0.5) is 13.2 Å². The molecule has 1 aliphatic carbocycles. The van der Waals surface area contributed by atoms with Crippen LogP contribution in [-0.2, 0) is 11.0 Å². The van der Waals surface area contributed by atoms with E-state index in [0.717, 1.165) is 10.9 Å². The van der Waals surface area contributed by atoms with Gasteiger partial charge in [0.25, 0.3) is 11.8 Å². The summed E-state index contributed by atoms with van der Waals surface area (Å²) in [6.45, 7) is 0.0434. The van der Waals surface area contributed by atoms with Crippen LogP contribution in [0.3, 0.4) is 0 Å². The molecule has 13 heteroatoms. The molecule has 40 heavy (non-hydrogen) atoms. The summed E-state index contributed by atoms with van der Waals surface area (Å²) in [5.41, 5.74) is -0.876. The lowest BCUT2D eigenvalue weighted by molar-refractivity contribution is -0.141. The molecule has 0 radical (unpaired) electrons. The van der Waals surface area contributed by atoms with Crippen LogP contribution >= 0.6 is 0 Å². The second-order valence-electron chi connectivity index (χ2n) is 9.43. The number of carbonyl (C=O) groups excluding carboxylic acids is 2. The molecule has 1 fully saturated rings. The van der Waals surface area contributed by atoms with Crippen molar-refractivity contribution in [2.75, 3.05) is 13.1 Å². The SMILES string of the molecule is O=C(NCCNC(=O)[C@H]1CC[C@H](c2nnc(-c3ccccn3)o2)CC1)c1cn(-c2ccccc2)nc1C(F)(F)F. The number of carbonyl (C=O) groups is 2. The van der Waals surface area contributed by atoms with E-state index in [0.29, 0.717) is 48.8 Å². The van der Waals surface area contributed by atoms with Gasteiger partial charge in [-0.05, 0) is 49.9 Å². The largest absolute Gasteiger partial charge is 0.435 e. The van der Waals surface area contributed by atoms with Crippen LogP contribution < -0.4 is 10.6 Å². The number of alkyl halides is 3. The molecule has 1 saturated carbocycles. The van der Waals surface area contributed by atoms with Crippen molar-refractivity contribution in [2.45, 2.75) is 37.8 Å². The van der Waals surface area contributed by atoms with Gasteiger partial charge in [-0.3, -0.25) is 14.6 Å². The number of rotatable bonds is 8. The van der Waals surface area contributed by atoms with E-state index in [9.17, 15) is 22.8 Å². The summed E-state index contributed by atoms with van der Waals surface area (Å²) in [6, 6.07) is 13.6. The normalized spacial score (nSPS) is 17.4. The number of halogens is 3. The second kappa shape index (κ2) is 11.7. The van der Waals surface area contributed by atoms with Gasteiger partial charge in [0.05, 0.1) is 11.3 Å². The molecule has 0 saturated heterocycles. The van der Waals surface area contributed by atoms with E-state index >= 15 is 0 Å². The highest BCUT2D eigenvalue weighted by molar-refractivity contribution is 5.95. The number of benzene rings is 1. The maximum atomic E-state index is 13.5. The average Bonchev–Trinajstić information content (AvgIpc) is 3.65. The maximum absolute atomic E-state index is 13.5. The lowest BCUT2D eigenvalue weighted by atomic mass is 9.81. The minimum Gasteiger partial charge on any atom is -0.419 e. The molecule has 2 amide bonds. The van der Waals surface area contributed by atoms with Crippen LogP contribution in [0.1, 0.15) is 53.5 Å². The second-order valence-corrected chi connectivity index (χ2v) is 9.43. The van der Waals surface area contributed by atoms with Crippen molar-refractivity contribution in [3.8, 4) is 17.3 Å². The Bertz CT molecular complexity index is 1450. The fraction of sp³-hybridized carbons (Fsp3) is 0.333. The Labute approximate surface area is 227 Å². The third-order valence-electron chi connectivity index (χ3n) is 6.73. The van der Waals surface area contributed by atoms with E-state index in [2.05, 4.69) is 30.9 Å². The zero-order chi connectivity index (χ0) is 28.1. The first-order valence-electron chi connectivity index (χ1n) is 12.8. The molecule has 0 bridgehead atoms. The highest BCUT2D eigenvalue weighted by atomic mass is 19.4. The molecule has 0 aliphatic heterocycles. The molecule has 0 unspecified atom stereocenters. The van der Waals surface area contributed by atoms with E-state index in [1.165, 1.54) is 0 Å². The van der Waals surface area contributed by atoms with E-state index in [4.69, 9.17) is 4.42 Å². The Morgan fingerprint density at radius 1 is 0.950 bits per heavy atom. The van der Waals surface area contributed by atoms with Crippen LogP contribution in [0.5, 0.6) is 0 Å². The van der Waals surface area contributed by atoms with Gasteiger partial charge < -0.3 is 15.1 Å². The molecular weight excluding hydrogens is 527 g/mol. The summed E-state index contributed by atoms with van der Waals surface area (Å²) in [5.74, 6) is -0.378. The third-order valence-corrected chi connectivity index (χ3v) is 6.73. The van der Waals surface area contributed by atoms with Crippen molar-refractivity contribution in [2.24, 2.45) is 5.92 Å². The molecular formula is C27H26F3N7O3. The number of aromatic nitrogens is 5. The number of pyridine rings is 1. The Balaban J connectivity index is 1.09. The predicted molar refractivity (Wildman–Crippen MR) is 136 cm³/mol. The van der Waals surface area contributed by atoms with Gasteiger partial charge in [0.1, 0.15) is 5.69 Å². The highest BCUT2D eigenvalue weighted by Gasteiger charge is 2.39. The van der Waals surface area contributed by atoms with Gasteiger partial charge in [-0.2, -0.15) is 18.3 Å². The standard InChI is InChI=1S/C27H26F3N7O3/c28-27(29,30)22-20(16-37(36-22)19-6-2-1-3-7-19)24(39)33-15-14-32-23(38)17-9-11-18(12-10-17)25-34-35-26(40-25)21-8-4-5-13-31-21/h1-8,13,16-18H,9-12,14-15H2,(H,32,38)(H,33,39)/t17-,18-. The fourth-order valence-electron chi connectivity index (χ4n) is 4.66. The first kappa shape index (κ1) is 27.0. The third kappa shape index (κ3) is 6.19. The molecule has 208 valence electrons. The van der Waals surface area contributed by atoms with Crippen molar-refractivity contribution in [3.63, 3.8) is 0 Å². The number of hydrogen-bond donors (Lipinski definition) is 2. The molecule has 3 heterocycles. The summed E-state index contributed by atoms with van der Waals surface area (Å²) in [5, 5.41) is 17.0. The lowest BCUT2D eigenvalue weighted by Gasteiger charge is -2.25. The monoisotopic (exact) mass is 553 g/mol. The molecule has 1 aliphatic rings. The van der Waals surface area contributed by atoms with Gasteiger partial charge in [0, 0.05) is 37.3 Å². The summed E-state index contributed by atoms with van der Waals surface area (Å²) < 4.78 is 47.4. The molecule has 10 nitrogen and oxygen atoms in total. The minimum absolute atomic E-state index is 0.0357. The van der Waals surface area contributed by atoms with Gasteiger partial charge >= 0.3 is 6.18 Å². The zero-order valence-corrected chi connectivity index (χ0v) is 21.3. The first-order chi connectivity index (χ1) is 19.3. The van der Waals surface area contributed by atoms with Crippen LogP contribution in [0.2, 0.25) is 0 Å². The fourth-order valence-corrected chi connectivity index (χ4v) is 4.66. The Kier molecular flexibility index (Phi) is 7.89. The molecule has 2 N–H and O–H groups in total. The van der Waals surface area contributed by atoms with Gasteiger partial charge in [-0.1, -0.05) is 24.3 Å². The lowest BCUT2D eigenvalue weighted by Crippen LogP contribution is -2.38. The number of nitrogens with one attached hydrogen (secondary N) is 2. The van der Waals surface area contributed by atoms with E-state index in [1.54, 1.807) is 48.7 Å². The number of para-hydroxylation sites is 1. The van der Waals surface area contributed by atoms with E-state index < -0.39 is 23.3 Å². The van der Waals surface area contributed by atoms with Gasteiger partial charge in [0.15, 0.2) is 5.69 Å². The van der Waals surface area contributed by atoms with Gasteiger partial charge in [0.2, 0.25) is 11.8 Å². The van der Waals surface area contributed by atoms with Crippen LogP contribution in [0.25, 0.3) is 17.3 Å². The molecule has 0 spiro atoms. The zero-order valence-electron chi connectivity index (χ0n) is 21.3. The predicted octanol–water partition coefficient (Wildman–Crippen LogP) is 4.16. The quantitative estimate of drug-likeness (QED) is 0.314. The summed E-state index contributed by atoms with van der Waals surface area (Å²) in [4.78, 5) is 29.4. The van der Waals surface area contributed by atoms with E-state index in [-0.39, 0.29) is 30.8 Å². The summed E-state index contributed by atoms with van der Waals surface area (Å²) >= 11 is 0. The minimum atomic E-state index is -4.80. The first-order valence-corrected chi connectivity index (χ1v) is 12.8. The Morgan fingerprint density at radius 3 is 2.38 bits per heavy atom. The highest BCUT2D eigenvalue weighted by Crippen LogP contribution is 2.36.